The summed E-state index contributed by atoms with van der Waals surface area (Å²) in [5.74, 6) is 1.39. The van der Waals surface area contributed by atoms with Gasteiger partial charge in [0.2, 0.25) is 0 Å². The normalized spacial score (nSPS) is 9.82. The monoisotopic (exact) mass is 241 g/mol. The fraction of sp³-hybridized carbons (Fsp3) is 0.0769. The van der Waals surface area contributed by atoms with Gasteiger partial charge in [-0.3, -0.25) is 0 Å². The summed E-state index contributed by atoms with van der Waals surface area (Å²) in [6, 6.07) is 13.4. The van der Waals surface area contributed by atoms with Gasteiger partial charge in [0.15, 0.2) is 0 Å². The molecule has 1 aromatic carbocycles. The average Bonchev–Trinajstić information content (AvgIpc) is 2.39. The Labute approximate surface area is 104 Å². The number of nitrogens with two attached hydrogens (primary N) is 1. The summed E-state index contributed by atoms with van der Waals surface area (Å²) in [5, 5.41) is 8.69. The van der Waals surface area contributed by atoms with Crippen LogP contribution in [0.4, 0.5) is 5.82 Å². The molecule has 0 unspecified atom stereocenters. The number of nitrogens with zero attached hydrogens (tertiary/aromatic N) is 2. The molecule has 2 N–H and O–H groups in total. The first-order valence-corrected chi connectivity index (χ1v) is 6.10. The Balaban J connectivity index is 1.98. The molecule has 0 fully saturated rings. The highest BCUT2D eigenvalue weighted by Crippen LogP contribution is 2.22. The largest absolute Gasteiger partial charge is 0.384 e. The molecular formula is C13H11N3S. The SMILES string of the molecule is N#Cc1ccc(CSc2ccc(N)nc2)cc1. The summed E-state index contributed by atoms with van der Waals surface area (Å²) in [6.45, 7) is 0. The fourth-order valence-corrected chi connectivity index (χ4v) is 2.14. The van der Waals surface area contributed by atoms with E-state index in [2.05, 4.69) is 11.1 Å². The van der Waals surface area contributed by atoms with Gasteiger partial charge in [-0.25, -0.2) is 4.98 Å². The van der Waals surface area contributed by atoms with Crippen LogP contribution >= 0.6 is 11.8 Å². The lowest BCUT2D eigenvalue weighted by atomic mass is 10.2. The number of hydrogen-bond donors (Lipinski definition) is 1. The molecule has 17 heavy (non-hydrogen) atoms. The minimum Gasteiger partial charge on any atom is -0.384 e. The average molecular weight is 241 g/mol. The highest BCUT2D eigenvalue weighted by molar-refractivity contribution is 7.98. The van der Waals surface area contributed by atoms with Crippen LogP contribution in [-0.2, 0) is 5.75 Å². The van der Waals surface area contributed by atoms with Gasteiger partial charge in [0.1, 0.15) is 5.82 Å². The molecule has 0 bridgehead atoms. The molecule has 1 heterocycles. The van der Waals surface area contributed by atoms with Crippen LogP contribution in [0.5, 0.6) is 0 Å². The maximum absolute atomic E-state index is 8.69. The van der Waals surface area contributed by atoms with Crippen LogP contribution in [0.15, 0.2) is 47.5 Å². The number of thioether (sulfide) groups is 1. The first-order chi connectivity index (χ1) is 8.28. The summed E-state index contributed by atoms with van der Waals surface area (Å²) >= 11 is 1.69. The summed E-state index contributed by atoms with van der Waals surface area (Å²) in [4.78, 5) is 5.12. The molecule has 3 nitrogen and oxygen atoms in total. The van der Waals surface area contributed by atoms with E-state index in [9.17, 15) is 0 Å². The predicted molar refractivity (Wildman–Crippen MR) is 69.4 cm³/mol. The quantitative estimate of drug-likeness (QED) is 0.839. The van der Waals surface area contributed by atoms with Gasteiger partial charge in [-0.2, -0.15) is 5.26 Å². The van der Waals surface area contributed by atoms with Crippen LogP contribution in [0.3, 0.4) is 0 Å². The lowest BCUT2D eigenvalue weighted by Gasteiger charge is -2.02. The van der Waals surface area contributed by atoms with Crippen LogP contribution in [0, 0.1) is 11.3 Å². The van der Waals surface area contributed by atoms with Crippen molar-refractivity contribution in [1.29, 1.82) is 5.26 Å². The lowest BCUT2D eigenvalue weighted by molar-refractivity contribution is 1.24. The molecule has 2 rings (SSSR count). The number of nitrogen functional groups attached to an aromatic ring is 1. The summed E-state index contributed by atoms with van der Waals surface area (Å²) in [6.07, 6.45) is 1.77. The molecule has 0 amide bonds. The van der Waals surface area contributed by atoms with Crippen molar-refractivity contribution in [1.82, 2.24) is 4.98 Å². The molecule has 2 aromatic rings. The maximum Gasteiger partial charge on any atom is 0.123 e. The van der Waals surface area contributed by atoms with Crippen molar-refractivity contribution in [2.45, 2.75) is 10.6 Å². The van der Waals surface area contributed by atoms with Crippen LogP contribution in [0.2, 0.25) is 0 Å². The highest BCUT2D eigenvalue weighted by atomic mass is 32.2. The van der Waals surface area contributed by atoms with Crippen molar-refractivity contribution < 1.29 is 0 Å². The van der Waals surface area contributed by atoms with Gasteiger partial charge in [0, 0.05) is 16.8 Å². The van der Waals surface area contributed by atoms with E-state index < -0.39 is 0 Å². The molecule has 84 valence electrons. The molecule has 0 saturated carbocycles. The topological polar surface area (TPSA) is 62.7 Å². The van der Waals surface area contributed by atoms with Gasteiger partial charge in [0.25, 0.3) is 0 Å². The standard InChI is InChI=1S/C13H11N3S/c14-7-10-1-3-11(4-2-10)9-17-12-5-6-13(15)16-8-12/h1-6,8H,9H2,(H2,15,16). The molecule has 1 aromatic heterocycles. The van der Waals surface area contributed by atoms with E-state index in [0.29, 0.717) is 11.4 Å². The second-order valence-electron chi connectivity index (χ2n) is 3.52. The van der Waals surface area contributed by atoms with Crippen molar-refractivity contribution in [2.24, 2.45) is 0 Å². The van der Waals surface area contributed by atoms with E-state index >= 15 is 0 Å². The first-order valence-electron chi connectivity index (χ1n) is 5.11. The van der Waals surface area contributed by atoms with Gasteiger partial charge >= 0.3 is 0 Å². The van der Waals surface area contributed by atoms with Crippen molar-refractivity contribution in [3.63, 3.8) is 0 Å². The lowest BCUT2D eigenvalue weighted by Crippen LogP contribution is -1.88. The summed E-state index contributed by atoms with van der Waals surface area (Å²) in [7, 11) is 0. The molecule has 4 heteroatoms. The van der Waals surface area contributed by atoms with Crippen LogP contribution < -0.4 is 5.73 Å². The minimum atomic E-state index is 0.535. The Morgan fingerprint density at radius 1 is 1.18 bits per heavy atom. The van der Waals surface area contributed by atoms with Crippen LogP contribution in [0.25, 0.3) is 0 Å². The third kappa shape index (κ3) is 3.23. The molecular weight excluding hydrogens is 230 g/mol. The van der Waals surface area contributed by atoms with E-state index in [0.717, 1.165) is 10.6 Å². The number of rotatable bonds is 3. The van der Waals surface area contributed by atoms with Crippen LogP contribution in [-0.4, -0.2) is 4.98 Å². The van der Waals surface area contributed by atoms with Crippen molar-refractivity contribution in [3.05, 3.63) is 53.7 Å². The van der Waals surface area contributed by atoms with E-state index in [4.69, 9.17) is 11.0 Å². The van der Waals surface area contributed by atoms with Crippen molar-refractivity contribution in [2.75, 3.05) is 5.73 Å². The van der Waals surface area contributed by atoms with Gasteiger partial charge in [0.05, 0.1) is 11.6 Å². The highest BCUT2D eigenvalue weighted by Gasteiger charge is 1.97. The number of nitriles is 1. The smallest absolute Gasteiger partial charge is 0.123 e. The molecule has 0 atom stereocenters. The van der Waals surface area contributed by atoms with Gasteiger partial charge in [-0.05, 0) is 29.8 Å². The summed E-state index contributed by atoms with van der Waals surface area (Å²) < 4.78 is 0. The van der Waals surface area contributed by atoms with Gasteiger partial charge in [-0.15, -0.1) is 11.8 Å². The second kappa shape index (κ2) is 5.37. The minimum absolute atomic E-state index is 0.535. The van der Waals surface area contributed by atoms with Crippen molar-refractivity contribution >= 4 is 17.6 Å². The number of benzene rings is 1. The Hall–Kier alpha value is -1.99. The number of hydrogen-bond acceptors (Lipinski definition) is 4. The molecule has 0 aliphatic rings. The van der Waals surface area contributed by atoms with Gasteiger partial charge < -0.3 is 5.73 Å². The Morgan fingerprint density at radius 3 is 2.53 bits per heavy atom. The molecule has 0 saturated heterocycles. The number of aromatic nitrogens is 1. The zero-order valence-electron chi connectivity index (χ0n) is 9.13. The second-order valence-corrected chi connectivity index (χ2v) is 4.56. The van der Waals surface area contributed by atoms with E-state index in [1.54, 1.807) is 24.0 Å². The van der Waals surface area contributed by atoms with Crippen LogP contribution in [0.1, 0.15) is 11.1 Å². The number of anilines is 1. The molecule has 0 aliphatic heterocycles. The zero-order chi connectivity index (χ0) is 12.1. The molecule has 0 aliphatic carbocycles. The molecule has 0 spiro atoms. The van der Waals surface area contributed by atoms with E-state index in [-0.39, 0.29) is 0 Å². The Morgan fingerprint density at radius 2 is 1.94 bits per heavy atom. The fourth-order valence-electron chi connectivity index (χ4n) is 1.32. The van der Waals surface area contributed by atoms with Crippen molar-refractivity contribution in [3.8, 4) is 6.07 Å². The van der Waals surface area contributed by atoms with E-state index in [1.165, 1.54) is 5.56 Å². The third-order valence-corrected chi connectivity index (χ3v) is 3.30. The third-order valence-electron chi connectivity index (χ3n) is 2.25. The zero-order valence-corrected chi connectivity index (χ0v) is 9.95. The van der Waals surface area contributed by atoms with Gasteiger partial charge in [-0.1, -0.05) is 12.1 Å². The summed E-state index contributed by atoms with van der Waals surface area (Å²) in [5.41, 5.74) is 7.39. The Kier molecular flexibility index (Phi) is 3.63. The first kappa shape index (κ1) is 11.5. The van der Waals surface area contributed by atoms with E-state index in [1.807, 2.05) is 30.3 Å². The molecule has 0 radical (unpaired) electrons. The maximum atomic E-state index is 8.69. The Bertz CT molecular complexity index is 526. The predicted octanol–water partition coefficient (Wildman–Crippen LogP) is 2.83. The number of pyridine rings is 1.